The van der Waals surface area contributed by atoms with Gasteiger partial charge in [0.15, 0.2) is 5.65 Å². The Morgan fingerprint density at radius 1 is 1.31 bits per heavy atom. The maximum atomic E-state index is 5.87. The molecule has 4 nitrogen and oxygen atoms in total. The number of nitrogens with zero attached hydrogens (tertiary/aromatic N) is 4. The van der Waals surface area contributed by atoms with Crippen molar-refractivity contribution in [2.75, 3.05) is 0 Å². The van der Waals surface area contributed by atoms with Gasteiger partial charge >= 0.3 is 0 Å². The molecule has 0 aromatic carbocycles. The molecule has 0 aliphatic carbocycles. The topological polar surface area (TPSA) is 43.1 Å². The summed E-state index contributed by atoms with van der Waals surface area (Å²) in [4.78, 5) is 4.21. The normalized spacial score (nSPS) is 12.3. The fourth-order valence-corrected chi connectivity index (χ4v) is 1.93. The van der Waals surface area contributed by atoms with Crippen molar-refractivity contribution in [3.63, 3.8) is 0 Å². The van der Waals surface area contributed by atoms with Crippen LogP contribution >= 0.6 is 11.6 Å². The zero-order chi connectivity index (χ0) is 11.9. The third-order valence-electron chi connectivity index (χ3n) is 2.28. The molecule has 86 valence electrons. The van der Waals surface area contributed by atoms with Gasteiger partial charge in [-0.05, 0) is 12.3 Å². The number of fused-ring (bicyclic) bond motifs is 1. The maximum absolute atomic E-state index is 5.87. The average molecular weight is 239 g/mol. The van der Waals surface area contributed by atoms with Gasteiger partial charge in [0.2, 0.25) is 0 Å². The Labute approximate surface area is 99.7 Å². The van der Waals surface area contributed by atoms with E-state index in [1.165, 1.54) is 0 Å². The van der Waals surface area contributed by atoms with E-state index in [0.717, 1.165) is 23.7 Å². The van der Waals surface area contributed by atoms with Gasteiger partial charge in [-0.1, -0.05) is 32.4 Å². The number of hydrogen-bond acceptors (Lipinski definition) is 3. The van der Waals surface area contributed by atoms with Gasteiger partial charge < -0.3 is 0 Å². The molecular weight excluding hydrogens is 224 g/mol. The monoisotopic (exact) mass is 238 g/mol. The zero-order valence-electron chi connectivity index (χ0n) is 9.95. The first kappa shape index (κ1) is 11.3. The van der Waals surface area contributed by atoms with Gasteiger partial charge in [0.25, 0.3) is 0 Å². The van der Waals surface area contributed by atoms with Crippen LogP contribution in [-0.4, -0.2) is 19.6 Å². The predicted octanol–water partition coefficient (Wildman–Crippen LogP) is 2.67. The minimum absolute atomic E-state index is 0.176. The summed E-state index contributed by atoms with van der Waals surface area (Å²) in [6.45, 7) is 8.43. The number of halogens is 1. The Balaban J connectivity index is 2.56. The highest BCUT2D eigenvalue weighted by atomic mass is 35.5. The average Bonchev–Trinajstić information content (AvgIpc) is 2.44. The second-order valence-corrected chi connectivity index (χ2v) is 5.56. The van der Waals surface area contributed by atoms with Crippen molar-refractivity contribution >= 4 is 17.2 Å². The van der Waals surface area contributed by atoms with Crippen molar-refractivity contribution in [3.05, 3.63) is 22.9 Å². The highest BCUT2D eigenvalue weighted by Gasteiger charge is 2.17. The molecule has 2 rings (SSSR count). The molecule has 0 aliphatic rings. The maximum Gasteiger partial charge on any atom is 0.165 e. The summed E-state index contributed by atoms with van der Waals surface area (Å²) in [6, 6.07) is 1.73. The Morgan fingerprint density at radius 3 is 2.62 bits per heavy atom. The molecule has 0 fully saturated rings. The lowest BCUT2D eigenvalue weighted by molar-refractivity contribution is 0.398. The van der Waals surface area contributed by atoms with Crippen LogP contribution in [0.15, 0.2) is 6.07 Å². The van der Waals surface area contributed by atoms with E-state index in [4.69, 9.17) is 11.6 Å². The molecule has 0 N–H and O–H groups in total. The second-order valence-electron chi connectivity index (χ2n) is 5.17. The Bertz CT molecular complexity index is 524. The van der Waals surface area contributed by atoms with Crippen LogP contribution in [0.5, 0.6) is 0 Å². The van der Waals surface area contributed by atoms with Crippen LogP contribution in [-0.2, 0) is 6.42 Å². The summed E-state index contributed by atoms with van der Waals surface area (Å²) in [7, 11) is 0. The summed E-state index contributed by atoms with van der Waals surface area (Å²) in [5.74, 6) is 1.76. The zero-order valence-corrected chi connectivity index (χ0v) is 10.7. The lowest BCUT2D eigenvalue weighted by atomic mass is 9.92. The third kappa shape index (κ3) is 2.16. The molecule has 0 saturated carbocycles. The molecule has 0 aliphatic heterocycles. The predicted molar refractivity (Wildman–Crippen MR) is 63.7 cm³/mol. The molecule has 2 aromatic heterocycles. The van der Waals surface area contributed by atoms with Crippen LogP contribution < -0.4 is 0 Å². The van der Waals surface area contributed by atoms with Gasteiger partial charge in [0, 0.05) is 12.5 Å². The molecule has 2 heterocycles. The smallest absolute Gasteiger partial charge is 0.165 e. The minimum atomic E-state index is 0.176. The van der Waals surface area contributed by atoms with Gasteiger partial charge in [0.1, 0.15) is 16.8 Å². The summed E-state index contributed by atoms with van der Waals surface area (Å²) in [5, 5.41) is 8.77. The molecule has 0 spiro atoms. The highest BCUT2D eigenvalue weighted by Crippen LogP contribution is 2.21. The summed E-state index contributed by atoms with van der Waals surface area (Å²) >= 11 is 5.87. The first-order valence-corrected chi connectivity index (χ1v) is 5.62. The van der Waals surface area contributed by atoms with Crippen molar-refractivity contribution in [1.82, 2.24) is 19.6 Å². The van der Waals surface area contributed by atoms with E-state index < -0.39 is 0 Å². The van der Waals surface area contributed by atoms with Crippen LogP contribution in [0.4, 0.5) is 0 Å². The van der Waals surface area contributed by atoms with E-state index in [9.17, 15) is 0 Å². The molecule has 5 heteroatoms. The number of rotatable bonds is 1. The molecule has 16 heavy (non-hydrogen) atoms. The van der Waals surface area contributed by atoms with Gasteiger partial charge in [-0.3, -0.25) is 4.40 Å². The van der Waals surface area contributed by atoms with Crippen LogP contribution in [0.1, 0.15) is 32.4 Å². The Morgan fingerprint density at radius 2 is 2.00 bits per heavy atom. The van der Waals surface area contributed by atoms with Gasteiger partial charge in [-0.15, -0.1) is 10.2 Å². The van der Waals surface area contributed by atoms with E-state index in [2.05, 4.69) is 36.0 Å². The standard InChI is InChI=1S/C11H15ClN4/c1-7-13-8(12)5-9-14-15-10(16(7)9)6-11(2,3)4/h5H,6H2,1-4H3. The number of hydrogen-bond donors (Lipinski definition) is 0. The molecule has 0 bridgehead atoms. The van der Waals surface area contributed by atoms with E-state index in [-0.39, 0.29) is 5.41 Å². The summed E-state index contributed by atoms with van der Waals surface area (Å²) in [6.07, 6.45) is 0.859. The highest BCUT2D eigenvalue weighted by molar-refractivity contribution is 6.29. The van der Waals surface area contributed by atoms with E-state index >= 15 is 0 Å². The van der Waals surface area contributed by atoms with Crippen LogP contribution in [0.2, 0.25) is 5.15 Å². The summed E-state index contributed by atoms with van der Waals surface area (Å²) < 4.78 is 1.96. The summed E-state index contributed by atoms with van der Waals surface area (Å²) in [5.41, 5.74) is 0.937. The molecule has 0 atom stereocenters. The van der Waals surface area contributed by atoms with E-state index in [1.807, 2.05) is 11.3 Å². The van der Waals surface area contributed by atoms with Crippen molar-refractivity contribution < 1.29 is 0 Å². The van der Waals surface area contributed by atoms with Crippen molar-refractivity contribution in [3.8, 4) is 0 Å². The fourth-order valence-electron chi connectivity index (χ4n) is 1.71. The largest absolute Gasteiger partial charge is 0.267 e. The van der Waals surface area contributed by atoms with Gasteiger partial charge in [0.05, 0.1) is 0 Å². The van der Waals surface area contributed by atoms with Crippen molar-refractivity contribution in [1.29, 1.82) is 0 Å². The Hall–Kier alpha value is -1.16. The molecule has 0 saturated heterocycles. The van der Waals surface area contributed by atoms with Gasteiger partial charge in [-0.2, -0.15) is 0 Å². The minimum Gasteiger partial charge on any atom is -0.267 e. The lowest BCUT2D eigenvalue weighted by Crippen LogP contribution is -2.13. The fraction of sp³-hybridized carbons (Fsp3) is 0.545. The van der Waals surface area contributed by atoms with Crippen molar-refractivity contribution in [2.45, 2.75) is 34.1 Å². The third-order valence-corrected chi connectivity index (χ3v) is 2.48. The molecule has 0 radical (unpaired) electrons. The SMILES string of the molecule is Cc1nc(Cl)cc2nnc(CC(C)(C)C)n12. The lowest BCUT2D eigenvalue weighted by Gasteiger charge is -2.16. The Kier molecular flexibility index (Phi) is 2.62. The molecule has 0 amide bonds. The van der Waals surface area contributed by atoms with Crippen LogP contribution in [0, 0.1) is 12.3 Å². The van der Waals surface area contributed by atoms with Crippen LogP contribution in [0.3, 0.4) is 0 Å². The quantitative estimate of drug-likeness (QED) is 0.718. The first-order valence-electron chi connectivity index (χ1n) is 5.24. The second kappa shape index (κ2) is 3.70. The molecular formula is C11H15ClN4. The number of aromatic nitrogens is 4. The van der Waals surface area contributed by atoms with Gasteiger partial charge in [-0.25, -0.2) is 4.98 Å². The first-order chi connectivity index (χ1) is 7.37. The van der Waals surface area contributed by atoms with Crippen LogP contribution in [0.25, 0.3) is 5.65 Å². The molecule has 2 aromatic rings. The van der Waals surface area contributed by atoms with E-state index in [1.54, 1.807) is 6.07 Å². The van der Waals surface area contributed by atoms with Crippen molar-refractivity contribution in [2.24, 2.45) is 5.41 Å². The van der Waals surface area contributed by atoms with E-state index in [0.29, 0.717) is 5.15 Å². The molecule has 0 unspecified atom stereocenters. The number of aryl methyl sites for hydroxylation is 1.